The number of anilines is 1. The maximum Gasteiger partial charge on any atom is 0.137 e. The highest BCUT2D eigenvalue weighted by Gasteiger charge is 2.09. The summed E-state index contributed by atoms with van der Waals surface area (Å²) in [5.74, 6) is 1.31. The van der Waals surface area contributed by atoms with E-state index >= 15 is 0 Å². The molecule has 2 aromatic heterocycles. The molecule has 0 amide bonds. The van der Waals surface area contributed by atoms with Crippen molar-refractivity contribution in [2.75, 3.05) is 11.9 Å². The SMILES string of the molecule is Cc1cc(C)n(CC(C)CNc2ncnc3ccc(Br)cc23)n1. The van der Waals surface area contributed by atoms with Gasteiger partial charge in [0.2, 0.25) is 0 Å². The molecule has 1 N–H and O–H groups in total. The zero-order chi connectivity index (χ0) is 16.4. The van der Waals surface area contributed by atoms with E-state index < -0.39 is 0 Å². The van der Waals surface area contributed by atoms with Gasteiger partial charge in [0, 0.05) is 28.6 Å². The molecule has 2 heterocycles. The van der Waals surface area contributed by atoms with E-state index in [4.69, 9.17) is 0 Å². The largest absolute Gasteiger partial charge is 0.369 e. The van der Waals surface area contributed by atoms with Crippen molar-refractivity contribution in [1.82, 2.24) is 19.7 Å². The minimum atomic E-state index is 0.435. The summed E-state index contributed by atoms with van der Waals surface area (Å²) in [4.78, 5) is 8.69. The van der Waals surface area contributed by atoms with Crippen molar-refractivity contribution < 1.29 is 0 Å². The summed E-state index contributed by atoms with van der Waals surface area (Å²) in [5.41, 5.74) is 3.21. The molecule has 0 fully saturated rings. The van der Waals surface area contributed by atoms with E-state index in [0.29, 0.717) is 5.92 Å². The lowest BCUT2D eigenvalue weighted by Gasteiger charge is -2.15. The number of nitrogens with one attached hydrogen (secondary N) is 1. The molecule has 0 aliphatic heterocycles. The molecule has 6 heteroatoms. The molecule has 0 aliphatic rings. The third-order valence-electron chi connectivity index (χ3n) is 3.80. The van der Waals surface area contributed by atoms with Crippen molar-refractivity contribution >= 4 is 32.7 Å². The lowest BCUT2D eigenvalue weighted by Crippen LogP contribution is -2.19. The topological polar surface area (TPSA) is 55.6 Å². The molecule has 3 rings (SSSR count). The fourth-order valence-electron chi connectivity index (χ4n) is 2.66. The Hall–Kier alpha value is -1.95. The number of aromatic nitrogens is 4. The van der Waals surface area contributed by atoms with Gasteiger partial charge in [-0.15, -0.1) is 0 Å². The molecule has 0 saturated carbocycles. The molecule has 0 radical (unpaired) electrons. The van der Waals surface area contributed by atoms with Gasteiger partial charge in [-0.2, -0.15) is 5.10 Å². The molecule has 5 nitrogen and oxygen atoms in total. The number of hydrogen-bond acceptors (Lipinski definition) is 4. The zero-order valence-electron chi connectivity index (χ0n) is 13.5. The van der Waals surface area contributed by atoms with E-state index in [1.54, 1.807) is 6.33 Å². The standard InChI is InChI=1S/C17H20BrN5/c1-11(9-23-13(3)6-12(2)22-23)8-19-17-15-7-14(18)4-5-16(15)20-10-21-17/h4-7,10-11H,8-9H2,1-3H3,(H,19,20,21). The first-order chi connectivity index (χ1) is 11.0. The summed E-state index contributed by atoms with van der Waals surface area (Å²) in [6.07, 6.45) is 1.60. The van der Waals surface area contributed by atoms with E-state index in [0.717, 1.165) is 40.0 Å². The lowest BCUT2D eigenvalue weighted by atomic mass is 10.1. The van der Waals surface area contributed by atoms with Crippen LogP contribution < -0.4 is 5.32 Å². The fourth-order valence-corrected chi connectivity index (χ4v) is 3.02. The number of fused-ring (bicyclic) bond motifs is 1. The molecule has 1 aromatic carbocycles. The number of aryl methyl sites for hydroxylation is 2. The van der Waals surface area contributed by atoms with Crippen molar-refractivity contribution in [1.29, 1.82) is 0 Å². The quantitative estimate of drug-likeness (QED) is 0.735. The average Bonchev–Trinajstić information content (AvgIpc) is 2.82. The van der Waals surface area contributed by atoms with Gasteiger partial charge in [0.25, 0.3) is 0 Å². The Bertz CT molecular complexity index is 827. The van der Waals surface area contributed by atoms with Crippen LogP contribution in [0, 0.1) is 19.8 Å². The van der Waals surface area contributed by atoms with E-state index in [2.05, 4.69) is 60.9 Å². The molecule has 0 bridgehead atoms. The minimum Gasteiger partial charge on any atom is -0.369 e. The Kier molecular flexibility index (Phi) is 4.61. The summed E-state index contributed by atoms with van der Waals surface area (Å²) in [7, 11) is 0. The van der Waals surface area contributed by atoms with E-state index in [9.17, 15) is 0 Å². The highest BCUT2D eigenvalue weighted by molar-refractivity contribution is 9.10. The van der Waals surface area contributed by atoms with Gasteiger partial charge in [-0.25, -0.2) is 9.97 Å². The van der Waals surface area contributed by atoms with Crippen LogP contribution in [0.1, 0.15) is 18.3 Å². The van der Waals surface area contributed by atoms with Gasteiger partial charge in [-0.05, 0) is 44.0 Å². The highest BCUT2D eigenvalue weighted by Crippen LogP contribution is 2.23. The first-order valence-electron chi connectivity index (χ1n) is 7.68. The van der Waals surface area contributed by atoms with Crippen LogP contribution in [0.2, 0.25) is 0 Å². The second-order valence-corrected chi connectivity index (χ2v) is 6.89. The molecule has 23 heavy (non-hydrogen) atoms. The molecule has 1 unspecified atom stereocenters. The average molecular weight is 374 g/mol. The first kappa shape index (κ1) is 15.9. The summed E-state index contributed by atoms with van der Waals surface area (Å²) in [6.45, 7) is 8.05. The number of hydrogen-bond donors (Lipinski definition) is 1. The van der Waals surface area contributed by atoms with Crippen LogP contribution in [0.3, 0.4) is 0 Å². The lowest BCUT2D eigenvalue weighted by molar-refractivity contribution is 0.458. The van der Waals surface area contributed by atoms with Gasteiger partial charge < -0.3 is 5.32 Å². The van der Waals surface area contributed by atoms with Gasteiger partial charge in [0.05, 0.1) is 11.2 Å². The summed E-state index contributed by atoms with van der Waals surface area (Å²) in [6, 6.07) is 8.13. The fraction of sp³-hybridized carbons (Fsp3) is 0.353. The molecule has 120 valence electrons. The maximum absolute atomic E-state index is 4.52. The number of halogens is 1. The van der Waals surface area contributed by atoms with Gasteiger partial charge in [-0.1, -0.05) is 22.9 Å². The second-order valence-electron chi connectivity index (χ2n) is 5.98. The van der Waals surface area contributed by atoms with Gasteiger partial charge in [-0.3, -0.25) is 4.68 Å². The normalized spacial score (nSPS) is 12.5. The Morgan fingerprint density at radius 2 is 2.04 bits per heavy atom. The van der Waals surface area contributed by atoms with Crippen LogP contribution in [0.5, 0.6) is 0 Å². The van der Waals surface area contributed by atoms with Crippen LogP contribution in [-0.4, -0.2) is 26.3 Å². The summed E-state index contributed by atoms with van der Waals surface area (Å²) >= 11 is 3.51. The highest BCUT2D eigenvalue weighted by atomic mass is 79.9. The van der Waals surface area contributed by atoms with E-state index in [-0.39, 0.29) is 0 Å². The van der Waals surface area contributed by atoms with Crippen LogP contribution in [-0.2, 0) is 6.54 Å². The number of benzene rings is 1. The number of rotatable bonds is 5. The smallest absolute Gasteiger partial charge is 0.137 e. The molecular formula is C17H20BrN5. The molecule has 0 saturated heterocycles. The van der Waals surface area contributed by atoms with E-state index in [1.165, 1.54) is 5.69 Å². The van der Waals surface area contributed by atoms with Crippen LogP contribution in [0.15, 0.2) is 35.1 Å². The zero-order valence-corrected chi connectivity index (χ0v) is 15.1. The summed E-state index contributed by atoms with van der Waals surface area (Å²) < 4.78 is 3.09. The van der Waals surface area contributed by atoms with Crippen molar-refractivity contribution in [3.05, 3.63) is 46.5 Å². The van der Waals surface area contributed by atoms with Gasteiger partial charge in [0.15, 0.2) is 0 Å². The number of nitrogens with zero attached hydrogens (tertiary/aromatic N) is 4. The van der Waals surface area contributed by atoms with Crippen LogP contribution >= 0.6 is 15.9 Å². The Balaban J connectivity index is 1.70. The Morgan fingerprint density at radius 3 is 2.78 bits per heavy atom. The summed E-state index contributed by atoms with van der Waals surface area (Å²) in [5, 5.41) is 9.00. The van der Waals surface area contributed by atoms with Gasteiger partial charge in [0.1, 0.15) is 12.1 Å². The molecule has 0 spiro atoms. The molecule has 1 atom stereocenters. The van der Waals surface area contributed by atoms with Crippen molar-refractivity contribution in [3.63, 3.8) is 0 Å². The Labute approximate surface area is 144 Å². The third-order valence-corrected chi connectivity index (χ3v) is 4.30. The molecule has 0 aliphatic carbocycles. The Morgan fingerprint density at radius 1 is 1.22 bits per heavy atom. The minimum absolute atomic E-state index is 0.435. The first-order valence-corrected chi connectivity index (χ1v) is 8.47. The van der Waals surface area contributed by atoms with Gasteiger partial charge >= 0.3 is 0 Å². The maximum atomic E-state index is 4.52. The van der Waals surface area contributed by atoms with Crippen molar-refractivity contribution in [2.45, 2.75) is 27.3 Å². The van der Waals surface area contributed by atoms with Crippen molar-refractivity contribution in [3.8, 4) is 0 Å². The monoisotopic (exact) mass is 373 g/mol. The predicted molar refractivity (Wildman–Crippen MR) is 96.6 cm³/mol. The van der Waals surface area contributed by atoms with E-state index in [1.807, 2.05) is 25.1 Å². The van der Waals surface area contributed by atoms with Crippen LogP contribution in [0.4, 0.5) is 5.82 Å². The second kappa shape index (κ2) is 6.66. The van der Waals surface area contributed by atoms with Crippen molar-refractivity contribution in [2.24, 2.45) is 5.92 Å². The molecular weight excluding hydrogens is 354 g/mol. The molecule has 3 aromatic rings. The van der Waals surface area contributed by atoms with Crippen LogP contribution in [0.25, 0.3) is 10.9 Å². The third kappa shape index (κ3) is 3.69. The predicted octanol–water partition coefficient (Wildman–Crippen LogP) is 3.95.